The van der Waals surface area contributed by atoms with Gasteiger partial charge in [0.25, 0.3) is 0 Å². The number of nitrogens with one attached hydrogen (secondary N) is 1. The minimum atomic E-state index is -1.13. The van der Waals surface area contributed by atoms with Crippen LogP contribution in [0, 0.1) is 0 Å². The lowest BCUT2D eigenvalue weighted by atomic mass is 9.76. The Hall–Kier alpha value is -0.930. The van der Waals surface area contributed by atoms with E-state index in [2.05, 4.69) is 29.6 Å². The maximum Gasteiger partial charge on any atom is 0.110 e. The van der Waals surface area contributed by atoms with Crippen LogP contribution in [-0.4, -0.2) is 31.5 Å². The fourth-order valence-corrected chi connectivity index (χ4v) is 3.93. The lowest BCUT2D eigenvalue weighted by molar-refractivity contribution is 0.0431. The molecule has 1 N–H and O–H groups in total. The molecule has 21 heavy (non-hydrogen) atoms. The maximum atomic E-state index is 15.1. The lowest BCUT2D eigenvalue weighted by Crippen LogP contribution is -2.45. The van der Waals surface area contributed by atoms with Gasteiger partial charge in [0.15, 0.2) is 0 Å². The second-order valence-electron chi connectivity index (χ2n) is 6.84. The molecule has 1 fully saturated rings. The van der Waals surface area contributed by atoms with Crippen LogP contribution in [0.15, 0.2) is 24.3 Å². The van der Waals surface area contributed by atoms with E-state index in [-0.39, 0.29) is 6.04 Å². The Kier molecular flexibility index (Phi) is 4.60. The van der Waals surface area contributed by atoms with E-state index in [1.165, 1.54) is 17.5 Å². The Bertz CT molecular complexity index is 468. The Morgan fingerprint density at radius 1 is 1.33 bits per heavy atom. The third kappa shape index (κ3) is 3.83. The molecule has 0 bridgehead atoms. The van der Waals surface area contributed by atoms with Crippen molar-refractivity contribution in [3.05, 3.63) is 35.4 Å². The largest absolute Gasteiger partial charge is 0.379 e. The summed E-state index contributed by atoms with van der Waals surface area (Å²) in [6, 6.07) is 8.74. The summed E-state index contributed by atoms with van der Waals surface area (Å²) in [5.41, 5.74) is 1.66. The summed E-state index contributed by atoms with van der Waals surface area (Å²) in [5, 5.41) is 3.37. The van der Waals surface area contributed by atoms with Crippen molar-refractivity contribution in [3.8, 4) is 0 Å². The first kappa shape index (κ1) is 15.0. The molecule has 1 aliphatic carbocycles. The van der Waals surface area contributed by atoms with Gasteiger partial charge in [0.1, 0.15) is 5.67 Å². The van der Waals surface area contributed by atoms with E-state index in [1.807, 2.05) is 0 Å². The summed E-state index contributed by atoms with van der Waals surface area (Å²) >= 11 is 0. The first-order valence-corrected chi connectivity index (χ1v) is 8.22. The lowest BCUT2D eigenvalue weighted by Gasteiger charge is -2.34. The van der Waals surface area contributed by atoms with Crippen LogP contribution in [0.2, 0.25) is 0 Å². The fourth-order valence-electron chi connectivity index (χ4n) is 3.93. The highest BCUT2D eigenvalue weighted by molar-refractivity contribution is 5.32. The molecular weight excluding hydrogens is 265 g/mol. The molecule has 2 aliphatic rings. The second-order valence-corrected chi connectivity index (χ2v) is 6.84. The van der Waals surface area contributed by atoms with Crippen LogP contribution < -0.4 is 5.32 Å². The van der Waals surface area contributed by atoms with Crippen LogP contribution in [0.5, 0.6) is 0 Å². The van der Waals surface area contributed by atoms with Gasteiger partial charge in [-0.2, -0.15) is 0 Å². The Balaban J connectivity index is 1.65. The van der Waals surface area contributed by atoms with Crippen molar-refractivity contribution < 1.29 is 9.13 Å². The topological polar surface area (TPSA) is 21.3 Å². The number of aryl methyl sites for hydroxylation is 1. The van der Waals surface area contributed by atoms with Gasteiger partial charge in [-0.25, -0.2) is 4.39 Å². The molecule has 1 aliphatic heterocycles. The maximum absolute atomic E-state index is 15.1. The SMILES string of the molecule is CC(F)(CC1COCCN1)CC1CCCc2ccccc21. The van der Waals surface area contributed by atoms with Gasteiger partial charge in [0.2, 0.25) is 0 Å². The summed E-state index contributed by atoms with van der Waals surface area (Å²) < 4.78 is 20.5. The third-order valence-corrected chi connectivity index (χ3v) is 4.84. The van der Waals surface area contributed by atoms with Gasteiger partial charge in [-0.05, 0) is 56.1 Å². The van der Waals surface area contributed by atoms with Crippen LogP contribution >= 0.6 is 0 Å². The van der Waals surface area contributed by atoms with E-state index < -0.39 is 5.67 Å². The van der Waals surface area contributed by atoms with Gasteiger partial charge in [0, 0.05) is 12.6 Å². The average Bonchev–Trinajstić information content (AvgIpc) is 2.48. The number of ether oxygens (including phenoxy) is 1. The van der Waals surface area contributed by atoms with E-state index in [0.717, 1.165) is 26.0 Å². The first-order chi connectivity index (χ1) is 10.1. The van der Waals surface area contributed by atoms with E-state index in [1.54, 1.807) is 6.92 Å². The zero-order valence-electron chi connectivity index (χ0n) is 12.9. The smallest absolute Gasteiger partial charge is 0.110 e. The minimum Gasteiger partial charge on any atom is -0.379 e. The molecule has 0 radical (unpaired) electrons. The molecule has 0 amide bonds. The zero-order valence-corrected chi connectivity index (χ0v) is 12.9. The van der Waals surface area contributed by atoms with Crippen molar-refractivity contribution in [1.82, 2.24) is 5.32 Å². The number of halogens is 1. The van der Waals surface area contributed by atoms with Gasteiger partial charge >= 0.3 is 0 Å². The van der Waals surface area contributed by atoms with E-state index in [4.69, 9.17) is 4.74 Å². The van der Waals surface area contributed by atoms with Gasteiger partial charge in [0.05, 0.1) is 13.2 Å². The molecule has 0 saturated carbocycles. The van der Waals surface area contributed by atoms with Gasteiger partial charge in [-0.1, -0.05) is 24.3 Å². The molecule has 3 unspecified atom stereocenters. The predicted octanol–water partition coefficient (Wildman–Crippen LogP) is 3.60. The molecule has 3 atom stereocenters. The monoisotopic (exact) mass is 291 g/mol. The Morgan fingerprint density at radius 2 is 2.19 bits per heavy atom. The van der Waals surface area contributed by atoms with Crippen LogP contribution in [-0.2, 0) is 11.2 Å². The standard InChI is InChI=1S/C18H26FNO/c1-18(19,12-16-13-21-10-9-20-16)11-15-7-4-6-14-5-2-3-8-17(14)15/h2-3,5,8,15-16,20H,4,6-7,9-13H2,1H3. The number of hydrogen-bond donors (Lipinski definition) is 1. The fraction of sp³-hybridized carbons (Fsp3) is 0.667. The van der Waals surface area contributed by atoms with E-state index in [9.17, 15) is 0 Å². The molecule has 0 spiro atoms. The Labute approximate surface area is 127 Å². The molecule has 1 aromatic carbocycles. The van der Waals surface area contributed by atoms with Crippen molar-refractivity contribution >= 4 is 0 Å². The molecule has 3 heteroatoms. The number of morpholine rings is 1. The van der Waals surface area contributed by atoms with Crippen molar-refractivity contribution in [2.75, 3.05) is 19.8 Å². The summed E-state index contributed by atoms with van der Waals surface area (Å²) in [5.74, 6) is 0.370. The molecule has 1 saturated heterocycles. The number of rotatable bonds is 4. The average molecular weight is 291 g/mol. The van der Waals surface area contributed by atoms with Crippen molar-refractivity contribution in [2.45, 2.75) is 56.7 Å². The zero-order chi connectivity index (χ0) is 14.7. The highest BCUT2D eigenvalue weighted by atomic mass is 19.1. The van der Waals surface area contributed by atoms with Crippen LogP contribution in [0.4, 0.5) is 4.39 Å². The quantitative estimate of drug-likeness (QED) is 0.915. The summed E-state index contributed by atoms with van der Waals surface area (Å²) in [6.45, 7) is 3.99. The van der Waals surface area contributed by atoms with Crippen molar-refractivity contribution in [3.63, 3.8) is 0 Å². The summed E-state index contributed by atoms with van der Waals surface area (Å²) in [6.07, 6.45) is 4.62. The van der Waals surface area contributed by atoms with E-state index in [0.29, 0.717) is 25.4 Å². The van der Waals surface area contributed by atoms with Gasteiger partial charge < -0.3 is 10.1 Å². The number of alkyl halides is 1. The molecule has 116 valence electrons. The van der Waals surface area contributed by atoms with Gasteiger partial charge in [-0.15, -0.1) is 0 Å². The second kappa shape index (κ2) is 6.45. The molecule has 2 nitrogen and oxygen atoms in total. The minimum absolute atomic E-state index is 0.160. The van der Waals surface area contributed by atoms with E-state index >= 15 is 4.39 Å². The first-order valence-electron chi connectivity index (χ1n) is 8.22. The number of fused-ring (bicyclic) bond motifs is 1. The van der Waals surface area contributed by atoms with Gasteiger partial charge in [-0.3, -0.25) is 0 Å². The molecule has 3 rings (SSSR count). The number of hydrogen-bond acceptors (Lipinski definition) is 2. The Morgan fingerprint density at radius 3 is 3.00 bits per heavy atom. The summed E-state index contributed by atoms with van der Waals surface area (Å²) in [7, 11) is 0. The highest BCUT2D eigenvalue weighted by Gasteiger charge is 2.33. The highest BCUT2D eigenvalue weighted by Crippen LogP contribution is 2.39. The predicted molar refractivity (Wildman–Crippen MR) is 83.5 cm³/mol. The summed E-state index contributed by atoms with van der Waals surface area (Å²) in [4.78, 5) is 0. The van der Waals surface area contributed by atoms with Crippen LogP contribution in [0.3, 0.4) is 0 Å². The van der Waals surface area contributed by atoms with Crippen LogP contribution in [0.25, 0.3) is 0 Å². The molecule has 1 aromatic rings. The number of benzene rings is 1. The van der Waals surface area contributed by atoms with Crippen LogP contribution in [0.1, 0.15) is 49.7 Å². The van der Waals surface area contributed by atoms with Crippen molar-refractivity contribution in [1.29, 1.82) is 0 Å². The molecule has 1 heterocycles. The van der Waals surface area contributed by atoms with Crippen molar-refractivity contribution in [2.24, 2.45) is 0 Å². The third-order valence-electron chi connectivity index (χ3n) is 4.84. The normalized spacial score (nSPS) is 28.7. The molecular formula is C18H26FNO. The molecule has 0 aromatic heterocycles.